The van der Waals surface area contributed by atoms with Crippen LogP contribution in [-0.2, 0) is 9.59 Å². The van der Waals surface area contributed by atoms with Gasteiger partial charge in [0.1, 0.15) is 5.75 Å². The summed E-state index contributed by atoms with van der Waals surface area (Å²) < 4.78 is 6.25. The largest absolute Gasteiger partial charge is 0.490 e. The minimum atomic E-state index is -0.141. The second-order valence-electron chi connectivity index (χ2n) is 7.94. The van der Waals surface area contributed by atoms with Crippen LogP contribution in [0.5, 0.6) is 5.75 Å². The molecule has 0 aromatic heterocycles. The quantitative estimate of drug-likeness (QED) is 0.600. The van der Waals surface area contributed by atoms with Crippen molar-refractivity contribution in [1.82, 2.24) is 0 Å². The first kappa shape index (κ1) is 17.7. The molecule has 0 N–H and O–H groups in total. The van der Waals surface area contributed by atoms with Gasteiger partial charge in [-0.05, 0) is 74.7 Å². The Morgan fingerprint density at radius 2 is 1.73 bits per heavy atom. The Hall–Kier alpha value is -1.67. The minimum Gasteiger partial charge on any atom is -0.490 e. The first-order chi connectivity index (χ1) is 12.5. The van der Waals surface area contributed by atoms with E-state index in [2.05, 4.69) is 16.2 Å². The molecule has 3 unspecified atom stereocenters. The lowest BCUT2D eigenvalue weighted by molar-refractivity contribution is -0.120. The van der Waals surface area contributed by atoms with Gasteiger partial charge >= 0.3 is 0 Å². The Balaban J connectivity index is 1.65. The molecule has 1 fully saturated rings. The van der Waals surface area contributed by atoms with Crippen LogP contribution < -0.4 is 14.9 Å². The van der Waals surface area contributed by atoms with E-state index in [0.29, 0.717) is 11.6 Å². The van der Waals surface area contributed by atoms with Gasteiger partial charge in [0.05, 0.1) is 11.8 Å². The van der Waals surface area contributed by atoms with Crippen LogP contribution in [0, 0.1) is 12.8 Å². The lowest BCUT2D eigenvalue weighted by Gasteiger charge is -2.22. The zero-order chi connectivity index (χ0) is 18.4. The first-order valence-corrected chi connectivity index (χ1v) is 10.2. The van der Waals surface area contributed by atoms with E-state index in [1.165, 1.54) is 11.3 Å². The van der Waals surface area contributed by atoms with Gasteiger partial charge in [0.15, 0.2) is 0 Å². The molecule has 1 aromatic rings. The number of hydrogen-bond acceptors (Lipinski definition) is 3. The van der Waals surface area contributed by atoms with Crippen molar-refractivity contribution in [2.75, 3.05) is 4.90 Å². The molecule has 3 aliphatic rings. The van der Waals surface area contributed by atoms with Gasteiger partial charge < -0.3 is 4.74 Å². The van der Waals surface area contributed by atoms with E-state index < -0.39 is 0 Å². The molecular weight excluding hydrogens is 345 g/mol. The standard InChI is InChI=1S/C21H26NO3P/c1-12-7-8-14(9-12)25-18-11-17(19(26)10-13(18)2)22-20(23)15-5-3-4-6-16(15)21(22)24/h10-12,14H,3-9,26H2,1-2H3. The van der Waals surface area contributed by atoms with Gasteiger partial charge in [-0.25, -0.2) is 4.90 Å². The molecule has 2 aliphatic carbocycles. The number of hydrogen-bond donors (Lipinski definition) is 0. The summed E-state index contributed by atoms with van der Waals surface area (Å²) in [6.07, 6.45) is 6.96. The third-order valence-corrected chi connectivity index (χ3v) is 6.36. The van der Waals surface area contributed by atoms with Gasteiger partial charge in [-0.15, -0.1) is 9.24 Å². The average molecular weight is 371 g/mol. The van der Waals surface area contributed by atoms with Crippen LogP contribution in [0.3, 0.4) is 0 Å². The van der Waals surface area contributed by atoms with E-state index in [9.17, 15) is 9.59 Å². The van der Waals surface area contributed by atoms with Crippen LogP contribution in [0.2, 0.25) is 0 Å². The smallest absolute Gasteiger partial charge is 0.261 e. The first-order valence-electron chi connectivity index (χ1n) is 9.63. The Morgan fingerprint density at radius 1 is 1.08 bits per heavy atom. The molecule has 0 bridgehead atoms. The predicted octanol–water partition coefficient (Wildman–Crippen LogP) is 3.81. The SMILES string of the molecule is Cc1cc(P)c(N2C(=O)C3=C(CCCC3)C2=O)cc1OC1CCC(C)C1. The second kappa shape index (κ2) is 6.81. The molecule has 3 atom stereocenters. The molecule has 26 heavy (non-hydrogen) atoms. The van der Waals surface area contributed by atoms with Crippen molar-refractivity contribution in [1.29, 1.82) is 0 Å². The van der Waals surface area contributed by atoms with Gasteiger partial charge in [-0.3, -0.25) is 9.59 Å². The van der Waals surface area contributed by atoms with Crippen molar-refractivity contribution >= 4 is 32.0 Å². The summed E-state index contributed by atoms with van der Waals surface area (Å²) in [7, 11) is 2.67. The molecule has 4 nitrogen and oxygen atoms in total. The normalized spacial score (nSPS) is 25.9. The molecule has 1 aliphatic heterocycles. The number of benzene rings is 1. The van der Waals surface area contributed by atoms with Gasteiger partial charge in [-0.1, -0.05) is 6.92 Å². The predicted molar refractivity (Wildman–Crippen MR) is 106 cm³/mol. The van der Waals surface area contributed by atoms with E-state index in [0.717, 1.165) is 66.3 Å². The molecular formula is C21H26NO3P. The number of carbonyl (C=O) groups excluding carboxylic acids is 2. The lowest BCUT2D eigenvalue weighted by Crippen LogP contribution is -2.34. The van der Waals surface area contributed by atoms with Crippen molar-refractivity contribution in [3.05, 3.63) is 28.8 Å². The highest BCUT2D eigenvalue weighted by Gasteiger charge is 2.40. The molecule has 0 spiro atoms. The fourth-order valence-electron chi connectivity index (χ4n) is 4.42. The summed E-state index contributed by atoms with van der Waals surface area (Å²) >= 11 is 0. The number of nitrogens with zero attached hydrogens (tertiary/aromatic N) is 1. The average Bonchev–Trinajstić information content (AvgIpc) is 3.13. The molecule has 1 aromatic carbocycles. The second-order valence-corrected chi connectivity index (χ2v) is 8.57. The summed E-state index contributed by atoms with van der Waals surface area (Å²) in [5.74, 6) is 1.20. The summed E-state index contributed by atoms with van der Waals surface area (Å²) in [4.78, 5) is 27.1. The molecule has 0 radical (unpaired) electrons. The van der Waals surface area contributed by atoms with Gasteiger partial charge in [0.25, 0.3) is 11.8 Å². The zero-order valence-electron chi connectivity index (χ0n) is 15.5. The van der Waals surface area contributed by atoms with Crippen LogP contribution in [0.1, 0.15) is 57.4 Å². The highest BCUT2D eigenvalue weighted by Crippen LogP contribution is 2.38. The van der Waals surface area contributed by atoms with Crippen LogP contribution in [0.15, 0.2) is 23.3 Å². The molecule has 4 rings (SSSR count). The highest BCUT2D eigenvalue weighted by molar-refractivity contribution is 7.28. The maximum absolute atomic E-state index is 12.9. The van der Waals surface area contributed by atoms with Crippen molar-refractivity contribution in [2.45, 2.75) is 64.9 Å². The zero-order valence-corrected chi connectivity index (χ0v) is 16.7. The molecule has 2 amide bonds. The van der Waals surface area contributed by atoms with Gasteiger partial charge in [-0.2, -0.15) is 0 Å². The molecule has 0 saturated heterocycles. The number of anilines is 1. The molecule has 1 saturated carbocycles. The van der Waals surface area contributed by atoms with Gasteiger partial charge in [0, 0.05) is 17.2 Å². The molecule has 1 heterocycles. The number of aryl methyl sites for hydroxylation is 1. The minimum absolute atomic E-state index is 0.141. The van der Waals surface area contributed by atoms with Gasteiger partial charge in [0.2, 0.25) is 0 Å². The maximum atomic E-state index is 12.9. The fraction of sp³-hybridized carbons (Fsp3) is 0.524. The van der Waals surface area contributed by atoms with E-state index in [1.54, 1.807) is 0 Å². The molecule has 5 heteroatoms. The van der Waals surface area contributed by atoms with Crippen molar-refractivity contribution < 1.29 is 14.3 Å². The van der Waals surface area contributed by atoms with Crippen LogP contribution in [0.25, 0.3) is 0 Å². The van der Waals surface area contributed by atoms with Crippen molar-refractivity contribution in [2.24, 2.45) is 5.92 Å². The van der Waals surface area contributed by atoms with E-state index in [4.69, 9.17) is 4.74 Å². The van der Waals surface area contributed by atoms with Crippen molar-refractivity contribution in [3.8, 4) is 5.75 Å². The third-order valence-electron chi connectivity index (χ3n) is 5.90. The summed E-state index contributed by atoms with van der Waals surface area (Å²) in [5.41, 5.74) is 3.12. The van der Waals surface area contributed by atoms with E-state index in [-0.39, 0.29) is 17.9 Å². The number of rotatable bonds is 3. The maximum Gasteiger partial charge on any atom is 0.261 e. The number of amides is 2. The Bertz CT molecular complexity index is 786. The highest BCUT2D eigenvalue weighted by atomic mass is 31.0. The summed E-state index contributed by atoms with van der Waals surface area (Å²) in [6.45, 7) is 4.27. The van der Waals surface area contributed by atoms with Crippen LogP contribution >= 0.6 is 9.24 Å². The summed E-state index contributed by atoms with van der Waals surface area (Å²) in [6, 6.07) is 3.88. The number of ether oxygens (including phenoxy) is 1. The fourth-order valence-corrected chi connectivity index (χ4v) is 4.88. The Morgan fingerprint density at radius 3 is 2.31 bits per heavy atom. The Labute approximate surface area is 157 Å². The topological polar surface area (TPSA) is 46.6 Å². The third kappa shape index (κ3) is 2.99. The monoisotopic (exact) mass is 371 g/mol. The lowest BCUT2D eigenvalue weighted by atomic mass is 9.93. The van der Waals surface area contributed by atoms with Crippen LogP contribution in [-0.4, -0.2) is 17.9 Å². The van der Waals surface area contributed by atoms with E-state index in [1.807, 2.05) is 19.1 Å². The van der Waals surface area contributed by atoms with Crippen molar-refractivity contribution in [3.63, 3.8) is 0 Å². The van der Waals surface area contributed by atoms with E-state index >= 15 is 0 Å². The Kier molecular flexibility index (Phi) is 4.64. The number of imide groups is 1. The summed E-state index contributed by atoms with van der Waals surface area (Å²) in [5, 5.41) is 0.858. The molecule has 138 valence electrons. The number of carbonyl (C=O) groups is 2. The van der Waals surface area contributed by atoms with Crippen LogP contribution in [0.4, 0.5) is 5.69 Å².